The number of aromatic nitrogens is 2. The summed E-state index contributed by atoms with van der Waals surface area (Å²) in [6.45, 7) is 1.99. The van der Waals surface area contributed by atoms with Crippen LogP contribution in [0.15, 0.2) is 30.6 Å². The number of hydrogen-bond donors (Lipinski definition) is 1. The Bertz CT molecular complexity index is 1010. The molecule has 29 heavy (non-hydrogen) atoms. The number of hydrogen-bond acceptors (Lipinski definition) is 6. The molecule has 0 spiro atoms. The van der Waals surface area contributed by atoms with Crippen LogP contribution in [-0.2, 0) is 0 Å². The highest BCUT2D eigenvalue weighted by Crippen LogP contribution is 2.37. The van der Waals surface area contributed by atoms with Gasteiger partial charge >= 0.3 is 0 Å². The van der Waals surface area contributed by atoms with Crippen molar-refractivity contribution < 1.29 is 9.53 Å². The van der Waals surface area contributed by atoms with E-state index in [1.807, 2.05) is 31.2 Å². The van der Waals surface area contributed by atoms with E-state index in [-0.39, 0.29) is 5.91 Å². The molecular weight excluding hydrogens is 384 g/mol. The van der Waals surface area contributed by atoms with Crippen LogP contribution in [0.25, 0.3) is 10.2 Å². The van der Waals surface area contributed by atoms with Crippen molar-refractivity contribution in [2.75, 3.05) is 24.4 Å². The number of fused-ring (bicyclic) bond motifs is 1. The van der Waals surface area contributed by atoms with Gasteiger partial charge in [0.05, 0.1) is 17.4 Å². The Morgan fingerprint density at radius 3 is 2.59 bits per heavy atom. The van der Waals surface area contributed by atoms with Gasteiger partial charge in [0.15, 0.2) is 0 Å². The summed E-state index contributed by atoms with van der Waals surface area (Å²) >= 11 is 1.42. The van der Waals surface area contributed by atoms with E-state index in [4.69, 9.17) is 4.74 Å². The summed E-state index contributed by atoms with van der Waals surface area (Å²) < 4.78 is 5.17. The molecule has 2 aromatic heterocycles. The molecule has 1 amide bonds. The van der Waals surface area contributed by atoms with Crippen LogP contribution < -0.4 is 15.0 Å². The zero-order chi connectivity index (χ0) is 20.4. The Morgan fingerprint density at radius 1 is 1.17 bits per heavy atom. The number of carbonyl (C=O) groups is 1. The second-order valence-corrected chi connectivity index (χ2v) is 8.52. The molecule has 1 N–H and O–H groups in total. The number of methoxy groups -OCH3 is 1. The van der Waals surface area contributed by atoms with Crippen LogP contribution in [0.1, 0.15) is 47.3 Å². The first kappa shape index (κ1) is 19.6. The molecule has 0 unspecified atom stereocenters. The number of carbonyl (C=O) groups excluding carboxylic acids is 1. The largest absolute Gasteiger partial charge is 0.497 e. The highest BCUT2D eigenvalue weighted by Gasteiger charge is 2.25. The molecule has 2 heterocycles. The van der Waals surface area contributed by atoms with Gasteiger partial charge in [-0.3, -0.25) is 4.79 Å². The summed E-state index contributed by atoms with van der Waals surface area (Å²) in [7, 11) is 3.74. The SMILES string of the molecule is COc1ccc(NC(=O)c2sc3ncnc(N(C)C4CCCCC4)c3c2C)cc1. The number of nitrogens with one attached hydrogen (secondary N) is 1. The number of amides is 1. The fraction of sp³-hybridized carbons (Fsp3) is 0.409. The van der Waals surface area contributed by atoms with Crippen molar-refractivity contribution in [1.29, 1.82) is 0 Å². The molecule has 1 aromatic carbocycles. The Balaban J connectivity index is 1.63. The third-order valence-corrected chi connectivity index (χ3v) is 6.92. The van der Waals surface area contributed by atoms with Gasteiger partial charge in [0, 0.05) is 18.8 Å². The molecule has 0 bridgehead atoms. The third kappa shape index (κ3) is 3.92. The molecule has 0 radical (unpaired) electrons. The summed E-state index contributed by atoms with van der Waals surface area (Å²) in [5, 5.41) is 3.97. The molecule has 1 aliphatic carbocycles. The van der Waals surface area contributed by atoms with Gasteiger partial charge in [0.25, 0.3) is 5.91 Å². The van der Waals surface area contributed by atoms with Crippen molar-refractivity contribution in [3.05, 3.63) is 41.0 Å². The van der Waals surface area contributed by atoms with Gasteiger partial charge in [-0.2, -0.15) is 0 Å². The van der Waals surface area contributed by atoms with E-state index in [1.54, 1.807) is 13.4 Å². The van der Waals surface area contributed by atoms with Gasteiger partial charge in [-0.15, -0.1) is 11.3 Å². The summed E-state index contributed by atoms with van der Waals surface area (Å²) in [6, 6.07) is 7.83. The highest BCUT2D eigenvalue weighted by atomic mass is 32.1. The quantitative estimate of drug-likeness (QED) is 0.639. The van der Waals surface area contributed by atoms with Crippen LogP contribution in [0.2, 0.25) is 0 Å². The lowest BCUT2D eigenvalue weighted by Crippen LogP contribution is -2.34. The van der Waals surface area contributed by atoms with Crippen LogP contribution >= 0.6 is 11.3 Å². The van der Waals surface area contributed by atoms with Crippen LogP contribution in [0.4, 0.5) is 11.5 Å². The van der Waals surface area contributed by atoms with Crippen LogP contribution in [-0.4, -0.2) is 36.1 Å². The van der Waals surface area contributed by atoms with Gasteiger partial charge in [0.2, 0.25) is 0 Å². The normalized spacial score (nSPS) is 14.7. The van der Waals surface area contributed by atoms with E-state index in [1.165, 1.54) is 43.4 Å². The predicted molar refractivity (Wildman–Crippen MR) is 118 cm³/mol. The van der Waals surface area contributed by atoms with Crippen LogP contribution in [0.3, 0.4) is 0 Å². The van der Waals surface area contributed by atoms with E-state index in [9.17, 15) is 4.79 Å². The molecule has 1 fully saturated rings. The lowest BCUT2D eigenvalue weighted by molar-refractivity contribution is 0.103. The van der Waals surface area contributed by atoms with Crippen molar-refractivity contribution in [1.82, 2.24) is 9.97 Å². The molecule has 0 saturated heterocycles. The summed E-state index contributed by atoms with van der Waals surface area (Å²) in [4.78, 5) is 25.8. The van der Waals surface area contributed by atoms with Crippen molar-refractivity contribution in [2.24, 2.45) is 0 Å². The van der Waals surface area contributed by atoms with Gasteiger partial charge in [-0.25, -0.2) is 9.97 Å². The molecule has 152 valence electrons. The Morgan fingerprint density at radius 2 is 1.90 bits per heavy atom. The topological polar surface area (TPSA) is 67.3 Å². The summed E-state index contributed by atoms with van der Waals surface area (Å²) in [6.07, 6.45) is 7.84. The minimum absolute atomic E-state index is 0.123. The van der Waals surface area contributed by atoms with E-state index in [2.05, 4.69) is 27.2 Å². The van der Waals surface area contributed by atoms with Crippen molar-refractivity contribution >= 4 is 39.0 Å². The number of benzene rings is 1. The smallest absolute Gasteiger partial charge is 0.266 e. The summed E-state index contributed by atoms with van der Waals surface area (Å²) in [5.41, 5.74) is 1.67. The lowest BCUT2D eigenvalue weighted by atomic mass is 9.94. The first-order valence-corrected chi connectivity index (χ1v) is 10.8. The Kier molecular flexibility index (Phi) is 5.67. The van der Waals surface area contributed by atoms with Gasteiger partial charge in [-0.1, -0.05) is 19.3 Å². The monoisotopic (exact) mass is 410 g/mol. The molecule has 6 nitrogen and oxygen atoms in total. The molecular formula is C22H26N4O2S. The fourth-order valence-electron chi connectivity index (χ4n) is 4.04. The van der Waals surface area contributed by atoms with Gasteiger partial charge < -0.3 is 15.0 Å². The second kappa shape index (κ2) is 8.37. The van der Waals surface area contributed by atoms with Crippen LogP contribution in [0, 0.1) is 6.92 Å². The van der Waals surface area contributed by atoms with Gasteiger partial charge in [-0.05, 0) is 49.6 Å². The first-order valence-electron chi connectivity index (χ1n) is 10.0. The minimum atomic E-state index is -0.123. The zero-order valence-corrected chi connectivity index (χ0v) is 17.9. The van der Waals surface area contributed by atoms with E-state index < -0.39 is 0 Å². The predicted octanol–water partition coefficient (Wildman–Crippen LogP) is 5.03. The molecule has 1 saturated carbocycles. The van der Waals surface area contributed by atoms with E-state index >= 15 is 0 Å². The number of ether oxygens (including phenoxy) is 1. The molecule has 1 aliphatic rings. The molecule has 7 heteroatoms. The average molecular weight is 411 g/mol. The maximum Gasteiger partial charge on any atom is 0.266 e. The standard InChI is InChI=1S/C22H26N4O2S/c1-14-18-20(26(2)16-7-5-4-6-8-16)23-13-24-22(18)29-19(14)21(27)25-15-9-11-17(28-3)12-10-15/h9-13,16H,4-8H2,1-3H3,(H,25,27). The van der Waals surface area contributed by atoms with Gasteiger partial charge in [0.1, 0.15) is 22.7 Å². The average Bonchev–Trinajstić information content (AvgIpc) is 3.11. The van der Waals surface area contributed by atoms with Crippen molar-refractivity contribution in [2.45, 2.75) is 45.1 Å². The number of anilines is 2. The Hall–Kier alpha value is -2.67. The number of rotatable bonds is 5. The number of aryl methyl sites for hydroxylation is 1. The highest BCUT2D eigenvalue weighted by molar-refractivity contribution is 7.20. The van der Waals surface area contributed by atoms with E-state index in [0.29, 0.717) is 10.9 Å². The van der Waals surface area contributed by atoms with E-state index in [0.717, 1.165) is 33.0 Å². The Labute approximate surface area is 174 Å². The maximum absolute atomic E-state index is 12.9. The lowest BCUT2D eigenvalue weighted by Gasteiger charge is -2.32. The molecule has 0 aliphatic heterocycles. The minimum Gasteiger partial charge on any atom is -0.497 e. The van der Waals surface area contributed by atoms with Crippen molar-refractivity contribution in [3.8, 4) is 5.75 Å². The molecule has 3 aromatic rings. The zero-order valence-electron chi connectivity index (χ0n) is 17.1. The number of nitrogens with zero attached hydrogens (tertiary/aromatic N) is 3. The van der Waals surface area contributed by atoms with Crippen molar-refractivity contribution in [3.63, 3.8) is 0 Å². The second-order valence-electron chi connectivity index (χ2n) is 7.52. The molecule has 4 rings (SSSR count). The fourth-order valence-corrected chi connectivity index (χ4v) is 5.08. The number of thiophene rings is 1. The third-order valence-electron chi connectivity index (χ3n) is 5.72. The maximum atomic E-state index is 12.9. The summed E-state index contributed by atoms with van der Waals surface area (Å²) in [5.74, 6) is 1.56. The first-order chi connectivity index (χ1) is 14.1. The van der Waals surface area contributed by atoms with Crippen LogP contribution in [0.5, 0.6) is 5.75 Å². The molecule has 0 atom stereocenters.